The molecule has 180 valence electrons. The van der Waals surface area contributed by atoms with Gasteiger partial charge in [0.1, 0.15) is 6.61 Å². The Morgan fingerprint density at radius 3 is 2.18 bits per heavy atom. The van der Waals surface area contributed by atoms with Crippen molar-refractivity contribution in [2.24, 2.45) is 5.92 Å². The highest BCUT2D eigenvalue weighted by atomic mass is 16.5. The molecule has 2 amide bonds. The van der Waals surface area contributed by atoms with Gasteiger partial charge in [0.25, 0.3) is 0 Å². The van der Waals surface area contributed by atoms with Crippen LogP contribution in [0.2, 0.25) is 0 Å². The lowest BCUT2D eigenvalue weighted by Gasteiger charge is -2.31. The normalized spacial score (nSPS) is 17.1. The maximum Gasteiger partial charge on any atom is 0.407 e. The van der Waals surface area contributed by atoms with Crippen LogP contribution in [0.1, 0.15) is 43.2 Å². The summed E-state index contributed by atoms with van der Waals surface area (Å²) in [5, 5.41) is 14.6. The number of alkyl carbamates (subject to hydrolysis) is 1. The molecular weight excluding hydrogens is 436 g/mol. The number of aliphatic carboxylic acids is 1. The first kappa shape index (κ1) is 23.8. The molecule has 8 nitrogen and oxygen atoms in total. The zero-order chi connectivity index (χ0) is 24.3. The summed E-state index contributed by atoms with van der Waals surface area (Å²) in [6, 6.07) is 15.1. The van der Waals surface area contributed by atoms with E-state index in [-0.39, 0.29) is 31.5 Å². The van der Waals surface area contributed by atoms with Crippen molar-refractivity contribution in [2.45, 2.75) is 43.7 Å². The number of amides is 2. The average molecular weight is 467 g/mol. The molecule has 2 aromatic rings. The predicted octanol–water partition coefficient (Wildman–Crippen LogP) is 3.30. The molecule has 0 heterocycles. The number of hydrogen-bond acceptors (Lipinski definition) is 5. The minimum atomic E-state index is -1.17. The van der Waals surface area contributed by atoms with Crippen LogP contribution < -0.4 is 10.6 Å². The highest BCUT2D eigenvalue weighted by molar-refractivity contribution is 5.85. The van der Waals surface area contributed by atoms with Crippen LogP contribution in [0.25, 0.3) is 11.1 Å². The second-order valence-corrected chi connectivity index (χ2v) is 9.23. The van der Waals surface area contributed by atoms with Crippen LogP contribution in [0.4, 0.5) is 4.79 Å². The molecular formula is C26H30N2O6. The second-order valence-electron chi connectivity index (χ2n) is 9.23. The predicted molar refractivity (Wildman–Crippen MR) is 125 cm³/mol. The lowest BCUT2D eigenvalue weighted by Crippen LogP contribution is -2.53. The van der Waals surface area contributed by atoms with Gasteiger partial charge in [-0.25, -0.2) is 9.59 Å². The molecule has 2 atom stereocenters. The first-order valence-corrected chi connectivity index (χ1v) is 11.5. The van der Waals surface area contributed by atoms with Crippen molar-refractivity contribution in [2.75, 3.05) is 20.3 Å². The van der Waals surface area contributed by atoms with Crippen LogP contribution in [0.5, 0.6) is 0 Å². The van der Waals surface area contributed by atoms with E-state index in [4.69, 9.17) is 9.47 Å². The molecule has 34 heavy (non-hydrogen) atoms. The van der Waals surface area contributed by atoms with Gasteiger partial charge >= 0.3 is 12.1 Å². The van der Waals surface area contributed by atoms with E-state index in [0.29, 0.717) is 0 Å². The van der Waals surface area contributed by atoms with E-state index in [1.165, 1.54) is 7.11 Å². The Hall–Kier alpha value is -3.39. The van der Waals surface area contributed by atoms with E-state index in [0.717, 1.165) is 35.1 Å². The lowest BCUT2D eigenvalue weighted by molar-refractivity contribution is -0.143. The van der Waals surface area contributed by atoms with E-state index in [1.807, 2.05) is 24.3 Å². The minimum Gasteiger partial charge on any atom is -0.480 e. The zero-order valence-corrected chi connectivity index (χ0v) is 19.4. The standard InChI is InChI=1S/C26H30N2O6/c1-26(16-11-12-16,13-23(29)27-22(15-33-2)24(30)31)28-25(32)34-14-21-19-9-5-3-7-17(19)18-8-4-6-10-20(18)21/h3-10,16,21-22H,11-15H2,1-2H3,(H,27,29)(H,28,32)(H,30,31)/t22-,26?/m0/s1. The van der Waals surface area contributed by atoms with Gasteiger partial charge in [0, 0.05) is 19.4 Å². The summed E-state index contributed by atoms with van der Waals surface area (Å²) in [5.74, 6) is -1.56. The number of carbonyl (C=O) groups excluding carboxylic acids is 2. The lowest BCUT2D eigenvalue weighted by atomic mass is 9.91. The van der Waals surface area contributed by atoms with Gasteiger partial charge in [-0.1, -0.05) is 48.5 Å². The maximum absolute atomic E-state index is 12.8. The third kappa shape index (κ3) is 5.07. The Morgan fingerprint density at radius 1 is 1.06 bits per heavy atom. The molecule has 0 saturated heterocycles. The van der Waals surface area contributed by atoms with Crippen LogP contribution in [0.15, 0.2) is 48.5 Å². The number of methoxy groups -OCH3 is 1. The van der Waals surface area contributed by atoms with Gasteiger partial charge in [0.2, 0.25) is 5.91 Å². The van der Waals surface area contributed by atoms with Crippen LogP contribution in [0.3, 0.4) is 0 Å². The number of carbonyl (C=O) groups is 3. The van der Waals surface area contributed by atoms with E-state index >= 15 is 0 Å². The molecule has 2 aromatic carbocycles. The molecule has 0 bridgehead atoms. The number of benzene rings is 2. The van der Waals surface area contributed by atoms with Crippen molar-refractivity contribution >= 4 is 18.0 Å². The molecule has 1 fully saturated rings. The van der Waals surface area contributed by atoms with Crippen molar-refractivity contribution in [1.82, 2.24) is 10.6 Å². The SMILES string of the molecule is COC[C@H](NC(=O)CC(C)(NC(=O)OCC1c2ccccc2-c2ccccc21)C1CC1)C(=O)O. The van der Waals surface area contributed by atoms with Crippen LogP contribution in [0, 0.1) is 5.92 Å². The van der Waals surface area contributed by atoms with Crippen LogP contribution in [-0.2, 0) is 19.1 Å². The number of hydrogen-bond donors (Lipinski definition) is 3. The quantitative estimate of drug-likeness (QED) is 0.495. The van der Waals surface area contributed by atoms with Gasteiger partial charge in [0.05, 0.1) is 12.1 Å². The second kappa shape index (κ2) is 9.85. The molecule has 8 heteroatoms. The van der Waals surface area contributed by atoms with Gasteiger partial charge in [-0.2, -0.15) is 0 Å². The summed E-state index contributed by atoms with van der Waals surface area (Å²) >= 11 is 0. The fourth-order valence-corrected chi connectivity index (χ4v) is 4.80. The molecule has 0 aliphatic heterocycles. The van der Waals surface area contributed by atoms with Gasteiger partial charge < -0.3 is 25.2 Å². The van der Waals surface area contributed by atoms with E-state index in [9.17, 15) is 19.5 Å². The van der Waals surface area contributed by atoms with Gasteiger partial charge in [0.15, 0.2) is 6.04 Å². The third-order valence-corrected chi connectivity index (χ3v) is 6.70. The summed E-state index contributed by atoms with van der Waals surface area (Å²) < 4.78 is 10.5. The van der Waals surface area contributed by atoms with Gasteiger partial charge in [-0.15, -0.1) is 0 Å². The summed E-state index contributed by atoms with van der Waals surface area (Å²) in [6.45, 7) is 1.85. The summed E-state index contributed by atoms with van der Waals surface area (Å²) in [4.78, 5) is 36.7. The van der Waals surface area contributed by atoms with E-state index in [2.05, 4.69) is 34.9 Å². The molecule has 4 rings (SSSR count). The molecule has 0 aromatic heterocycles. The average Bonchev–Trinajstić information content (AvgIpc) is 3.61. The topological polar surface area (TPSA) is 114 Å². The number of carboxylic acid groups (broad SMARTS) is 1. The number of nitrogens with one attached hydrogen (secondary N) is 2. The highest BCUT2D eigenvalue weighted by Gasteiger charge is 2.45. The fraction of sp³-hybridized carbons (Fsp3) is 0.423. The Kier molecular flexibility index (Phi) is 6.88. The largest absolute Gasteiger partial charge is 0.480 e. The smallest absolute Gasteiger partial charge is 0.407 e. The zero-order valence-electron chi connectivity index (χ0n) is 19.4. The Balaban J connectivity index is 1.39. The Labute approximate surface area is 198 Å². The molecule has 1 unspecified atom stereocenters. The maximum atomic E-state index is 12.8. The van der Waals surface area contributed by atoms with Crippen LogP contribution in [-0.4, -0.2) is 55.0 Å². The monoisotopic (exact) mass is 466 g/mol. The first-order valence-electron chi connectivity index (χ1n) is 11.5. The summed E-state index contributed by atoms with van der Waals surface area (Å²) in [7, 11) is 1.37. The molecule has 2 aliphatic rings. The molecule has 2 aliphatic carbocycles. The fourth-order valence-electron chi connectivity index (χ4n) is 4.80. The Morgan fingerprint density at radius 2 is 1.65 bits per heavy atom. The third-order valence-electron chi connectivity index (χ3n) is 6.70. The van der Waals surface area contributed by atoms with E-state index < -0.39 is 29.6 Å². The van der Waals surface area contributed by atoms with Crippen molar-refractivity contribution in [3.8, 4) is 11.1 Å². The molecule has 0 spiro atoms. The van der Waals surface area contributed by atoms with Crippen molar-refractivity contribution in [3.63, 3.8) is 0 Å². The van der Waals surface area contributed by atoms with Gasteiger partial charge in [-0.3, -0.25) is 4.79 Å². The first-order chi connectivity index (χ1) is 16.3. The summed E-state index contributed by atoms with van der Waals surface area (Å²) in [5.41, 5.74) is 3.71. The molecule has 3 N–H and O–H groups in total. The van der Waals surface area contributed by atoms with Gasteiger partial charge in [-0.05, 0) is 47.9 Å². The van der Waals surface area contributed by atoms with Crippen molar-refractivity contribution < 1.29 is 29.0 Å². The summed E-state index contributed by atoms with van der Waals surface area (Å²) in [6.07, 6.45) is 1.13. The number of ether oxygens (including phenoxy) is 2. The number of rotatable bonds is 10. The van der Waals surface area contributed by atoms with Crippen molar-refractivity contribution in [1.29, 1.82) is 0 Å². The van der Waals surface area contributed by atoms with E-state index in [1.54, 1.807) is 6.92 Å². The number of fused-ring (bicyclic) bond motifs is 3. The highest BCUT2D eigenvalue weighted by Crippen LogP contribution is 2.45. The molecule has 1 saturated carbocycles. The number of carboxylic acids is 1. The molecule has 0 radical (unpaired) electrons. The van der Waals surface area contributed by atoms with Crippen LogP contribution >= 0.6 is 0 Å². The van der Waals surface area contributed by atoms with Crippen molar-refractivity contribution in [3.05, 3.63) is 59.7 Å². The minimum absolute atomic E-state index is 0.0463. The Bertz CT molecular complexity index is 1040.